The SMILES string of the molecule is Cl.Cl.NCC1CCCN1C(=O)CN1CCN(Cc2ccccc2)CC1. The van der Waals surface area contributed by atoms with Crippen molar-refractivity contribution in [1.29, 1.82) is 0 Å². The molecule has 2 aliphatic rings. The summed E-state index contributed by atoms with van der Waals surface area (Å²) in [5, 5.41) is 0. The van der Waals surface area contributed by atoms with Crippen LogP contribution >= 0.6 is 24.8 Å². The lowest BCUT2D eigenvalue weighted by molar-refractivity contribution is -0.133. The van der Waals surface area contributed by atoms with Gasteiger partial charge in [0, 0.05) is 51.9 Å². The number of nitrogens with two attached hydrogens (primary N) is 1. The zero-order valence-electron chi connectivity index (χ0n) is 14.7. The molecular formula is C18H30Cl2N4O. The Bertz CT molecular complexity index is 509. The molecule has 7 heteroatoms. The highest BCUT2D eigenvalue weighted by atomic mass is 35.5. The molecule has 2 aliphatic heterocycles. The highest BCUT2D eigenvalue weighted by Gasteiger charge is 2.29. The maximum atomic E-state index is 12.5. The van der Waals surface area contributed by atoms with E-state index in [0.717, 1.165) is 52.1 Å². The van der Waals surface area contributed by atoms with Gasteiger partial charge in [0.15, 0.2) is 0 Å². The smallest absolute Gasteiger partial charge is 0.237 e. The summed E-state index contributed by atoms with van der Waals surface area (Å²) in [6, 6.07) is 10.9. The van der Waals surface area contributed by atoms with E-state index >= 15 is 0 Å². The van der Waals surface area contributed by atoms with Crippen LogP contribution in [0.3, 0.4) is 0 Å². The van der Waals surface area contributed by atoms with Crippen LogP contribution in [0.1, 0.15) is 18.4 Å². The van der Waals surface area contributed by atoms with Crippen LogP contribution in [-0.2, 0) is 11.3 Å². The number of likely N-dealkylation sites (tertiary alicyclic amines) is 1. The van der Waals surface area contributed by atoms with Crippen molar-refractivity contribution in [2.24, 2.45) is 5.73 Å². The first-order valence-corrected chi connectivity index (χ1v) is 8.74. The van der Waals surface area contributed by atoms with Gasteiger partial charge >= 0.3 is 0 Å². The Morgan fingerprint density at radius 3 is 2.28 bits per heavy atom. The van der Waals surface area contributed by atoms with E-state index in [-0.39, 0.29) is 36.8 Å². The highest BCUT2D eigenvalue weighted by molar-refractivity contribution is 5.85. The van der Waals surface area contributed by atoms with Crippen LogP contribution in [-0.4, -0.2) is 72.5 Å². The second-order valence-corrected chi connectivity index (χ2v) is 6.66. The van der Waals surface area contributed by atoms with Crippen LogP contribution in [0.15, 0.2) is 30.3 Å². The quantitative estimate of drug-likeness (QED) is 0.831. The Morgan fingerprint density at radius 2 is 1.64 bits per heavy atom. The maximum Gasteiger partial charge on any atom is 0.237 e. The summed E-state index contributed by atoms with van der Waals surface area (Å²) in [5.74, 6) is 0.259. The van der Waals surface area contributed by atoms with Gasteiger partial charge in [0.05, 0.1) is 6.54 Å². The lowest BCUT2D eigenvalue weighted by atomic mass is 10.2. The molecule has 1 aromatic rings. The molecule has 0 saturated carbocycles. The fourth-order valence-electron chi connectivity index (χ4n) is 3.64. The molecule has 1 atom stereocenters. The monoisotopic (exact) mass is 388 g/mol. The molecule has 0 aromatic heterocycles. The van der Waals surface area contributed by atoms with Crippen LogP contribution in [0.4, 0.5) is 0 Å². The molecular weight excluding hydrogens is 359 g/mol. The number of rotatable bonds is 5. The Kier molecular flexibility index (Phi) is 9.75. The van der Waals surface area contributed by atoms with Crippen LogP contribution in [0.2, 0.25) is 0 Å². The van der Waals surface area contributed by atoms with Crippen molar-refractivity contribution in [2.45, 2.75) is 25.4 Å². The summed E-state index contributed by atoms with van der Waals surface area (Å²) >= 11 is 0. The van der Waals surface area contributed by atoms with Crippen LogP contribution in [0.25, 0.3) is 0 Å². The fraction of sp³-hybridized carbons (Fsp3) is 0.611. The van der Waals surface area contributed by atoms with E-state index in [9.17, 15) is 4.79 Å². The van der Waals surface area contributed by atoms with Gasteiger partial charge in [0.2, 0.25) is 5.91 Å². The number of amides is 1. The summed E-state index contributed by atoms with van der Waals surface area (Å²) in [7, 11) is 0. The average Bonchev–Trinajstić information content (AvgIpc) is 3.06. The number of hydrogen-bond acceptors (Lipinski definition) is 4. The third-order valence-corrected chi connectivity index (χ3v) is 5.04. The van der Waals surface area contributed by atoms with Crippen molar-refractivity contribution < 1.29 is 4.79 Å². The van der Waals surface area contributed by atoms with E-state index in [4.69, 9.17) is 5.73 Å². The fourth-order valence-corrected chi connectivity index (χ4v) is 3.64. The molecule has 3 rings (SSSR count). The van der Waals surface area contributed by atoms with Crippen LogP contribution in [0.5, 0.6) is 0 Å². The Morgan fingerprint density at radius 1 is 1.00 bits per heavy atom. The normalized spacial score (nSPS) is 21.5. The van der Waals surface area contributed by atoms with E-state index in [1.54, 1.807) is 0 Å². The van der Waals surface area contributed by atoms with Gasteiger partial charge in [-0.15, -0.1) is 24.8 Å². The number of piperazine rings is 1. The zero-order valence-corrected chi connectivity index (χ0v) is 16.3. The minimum atomic E-state index is 0. The minimum Gasteiger partial charge on any atom is -0.337 e. The number of halogens is 2. The second-order valence-electron chi connectivity index (χ2n) is 6.66. The molecule has 0 radical (unpaired) electrons. The molecule has 2 heterocycles. The molecule has 5 nitrogen and oxygen atoms in total. The Balaban J connectivity index is 0.00000156. The first-order chi connectivity index (χ1) is 11.3. The minimum absolute atomic E-state index is 0. The first-order valence-electron chi connectivity index (χ1n) is 8.74. The van der Waals surface area contributed by atoms with Gasteiger partial charge in [0.1, 0.15) is 0 Å². The Hall–Kier alpha value is -0.850. The molecule has 142 valence electrons. The number of hydrogen-bond donors (Lipinski definition) is 1. The third-order valence-electron chi connectivity index (χ3n) is 5.04. The van der Waals surface area contributed by atoms with Gasteiger partial charge in [-0.3, -0.25) is 14.6 Å². The van der Waals surface area contributed by atoms with Gasteiger partial charge in [-0.2, -0.15) is 0 Å². The van der Waals surface area contributed by atoms with Gasteiger partial charge in [-0.1, -0.05) is 30.3 Å². The molecule has 1 aromatic carbocycles. The zero-order chi connectivity index (χ0) is 16.1. The Labute approximate surface area is 163 Å². The van der Waals surface area contributed by atoms with Gasteiger partial charge in [0.25, 0.3) is 0 Å². The maximum absolute atomic E-state index is 12.5. The molecule has 1 unspecified atom stereocenters. The molecule has 25 heavy (non-hydrogen) atoms. The van der Waals surface area contributed by atoms with E-state index in [1.165, 1.54) is 5.56 Å². The predicted molar refractivity (Wildman–Crippen MR) is 106 cm³/mol. The summed E-state index contributed by atoms with van der Waals surface area (Å²) in [6.45, 7) is 7.04. The lowest BCUT2D eigenvalue weighted by Gasteiger charge is -2.35. The predicted octanol–water partition coefficient (Wildman–Crippen LogP) is 1.60. The molecule has 2 saturated heterocycles. The van der Waals surface area contributed by atoms with Gasteiger partial charge in [-0.25, -0.2) is 0 Å². The highest BCUT2D eigenvalue weighted by Crippen LogP contribution is 2.17. The van der Waals surface area contributed by atoms with Crippen molar-refractivity contribution in [3.63, 3.8) is 0 Å². The number of carbonyl (C=O) groups excluding carboxylic acids is 1. The van der Waals surface area contributed by atoms with Crippen LogP contribution < -0.4 is 5.73 Å². The first kappa shape index (κ1) is 22.2. The summed E-state index contributed by atoms with van der Waals surface area (Å²) in [4.78, 5) is 19.2. The van der Waals surface area contributed by atoms with Crippen molar-refractivity contribution >= 4 is 30.7 Å². The summed E-state index contributed by atoms with van der Waals surface area (Å²) in [5.41, 5.74) is 7.13. The lowest BCUT2D eigenvalue weighted by Crippen LogP contribution is -2.51. The number of carbonyl (C=O) groups is 1. The van der Waals surface area contributed by atoms with Gasteiger partial charge < -0.3 is 10.6 Å². The second kappa shape index (κ2) is 11.0. The van der Waals surface area contributed by atoms with Crippen molar-refractivity contribution in [2.75, 3.05) is 45.8 Å². The molecule has 1 amide bonds. The molecule has 0 spiro atoms. The van der Waals surface area contributed by atoms with E-state index in [1.807, 2.05) is 4.90 Å². The van der Waals surface area contributed by atoms with E-state index in [0.29, 0.717) is 13.1 Å². The topological polar surface area (TPSA) is 52.8 Å². The van der Waals surface area contributed by atoms with Crippen LogP contribution in [0, 0.1) is 0 Å². The van der Waals surface area contributed by atoms with Crippen molar-refractivity contribution in [3.05, 3.63) is 35.9 Å². The van der Waals surface area contributed by atoms with E-state index in [2.05, 4.69) is 40.1 Å². The molecule has 0 bridgehead atoms. The number of nitrogens with zero attached hydrogens (tertiary/aromatic N) is 3. The number of benzene rings is 1. The molecule has 0 aliphatic carbocycles. The molecule has 2 fully saturated rings. The molecule has 2 N–H and O–H groups in total. The average molecular weight is 389 g/mol. The third kappa shape index (κ3) is 6.12. The summed E-state index contributed by atoms with van der Waals surface area (Å²) in [6.07, 6.45) is 2.16. The largest absolute Gasteiger partial charge is 0.337 e. The van der Waals surface area contributed by atoms with E-state index < -0.39 is 0 Å². The summed E-state index contributed by atoms with van der Waals surface area (Å²) < 4.78 is 0. The van der Waals surface area contributed by atoms with Crippen molar-refractivity contribution in [1.82, 2.24) is 14.7 Å². The van der Waals surface area contributed by atoms with Crippen molar-refractivity contribution in [3.8, 4) is 0 Å². The standard InChI is InChI=1S/C18H28N4O.2ClH/c19-13-17-7-4-8-22(17)18(23)15-21-11-9-20(10-12-21)14-16-5-2-1-3-6-16;;/h1-3,5-6,17H,4,7-15,19H2;2*1H. The van der Waals surface area contributed by atoms with Gasteiger partial charge in [-0.05, 0) is 18.4 Å².